The predicted molar refractivity (Wildman–Crippen MR) is 95.6 cm³/mol. The van der Waals surface area contributed by atoms with Gasteiger partial charge in [-0.3, -0.25) is 4.57 Å². The van der Waals surface area contributed by atoms with E-state index in [2.05, 4.69) is 24.1 Å². The van der Waals surface area contributed by atoms with Crippen LogP contribution in [0.5, 0.6) is 0 Å². The normalized spacial score (nSPS) is 13.5. The molecule has 0 fully saturated rings. The van der Waals surface area contributed by atoms with Gasteiger partial charge in [0.05, 0.1) is 6.61 Å². The molecular formula is C17H22NO2PS. The van der Waals surface area contributed by atoms with E-state index in [0.717, 1.165) is 23.4 Å². The molecule has 1 atom stereocenters. The summed E-state index contributed by atoms with van der Waals surface area (Å²) in [5.41, 5.74) is 2.11. The summed E-state index contributed by atoms with van der Waals surface area (Å²) in [5.74, 6) is 0. The van der Waals surface area contributed by atoms with Crippen LogP contribution in [0.3, 0.4) is 0 Å². The second-order valence-electron chi connectivity index (χ2n) is 4.88. The monoisotopic (exact) mass is 335 g/mol. The van der Waals surface area contributed by atoms with Gasteiger partial charge < -0.3 is 9.61 Å². The van der Waals surface area contributed by atoms with E-state index in [1.165, 1.54) is 16.9 Å². The van der Waals surface area contributed by atoms with Crippen molar-refractivity contribution < 1.29 is 9.09 Å². The lowest BCUT2D eigenvalue weighted by molar-refractivity contribution is 0.349. The van der Waals surface area contributed by atoms with Crippen molar-refractivity contribution in [3.05, 3.63) is 60.2 Å². The van der Waals surface area contributed by atoms with Gasteiger partial charge in [-0.25, -0.2) is 0 Å². The second-order valence-corrected chi connectivity index (χ2v) is 9.00. The second kappa shape index (κ2) is 8.42. The Morgan fingerprint density at radius 3 is 2.32 bits per heavy atom. The maximum atomic E-state index is 13.0. The molecular weight excluding hydrogens is 313 g/mol. The van der Waals surface area contributed by atoms with Gasteiger partial charge in [0.15, 0.2) is 0 Å². The van der Waals surface area contributed by atoms with Crippen molar-refractivity contribution in [2.45, 2.75) is 31.6 Å². The molecule has 2 rings (SSSR count). The van der Waals surface area contributed by atoms with Crippen LogP contribution in [0.2, 0.25) is 0 Å². The lowest BCUT2D eigenvalue weighted by atomic mass is 10.1. The van der Waals surface area contributed by atoms with E-state index in [1.54, 1.807) is 0 Å². The average Bonchev–Trinajstić information content (AvgIpc) is 2.50. The molecule has 3 nitrogen and oxygen atoms in total. The van der Waals surface area contributed by atoms with E-state index < -0.39 is 6.72 Å². The molecule has 1 unspecified atom stereocenters. The number of hydrogen-bond acceptors (Lipinski definition) is 3. The summed E-state index contributed by atoms with van der Waals surface area (Å²) in [4.78, 5) is 0.925. The molecule has 0 aliphatic carbocycles. The molecule has 0 amide bonds. The molecule has 118 valence electrons. The summed E-state index contributed by atoms with van der Waals surface area (Å²) in [5, 5.41) is 3.07. The molecule has 22 heavy (non-hydrogen) atoms. The quantitative estimate of drug-likeness (QED) is 0.602. The molecule has 0 spiro atoms. The van der Waals surface area contributed by atoms with E-state index in [0.29, 0.717) is 6.61 Å². The minimum Gasteiger partial charge on any atom is -0.307 e. The standard InChI is InChI=1S/C17H22NO2PS/c1-3-8-15-11-13-16(14-12-15)18-21(19,20-4-2)22-17-9-6-5-7-10-17/h5-7,9-14H,3-4,8H2,1-2H3,(H,18,19). The Hall–Kier alpha value is -1.22. The van der Waals surface area contributed by atoms with Crippen molar-refractivity contribution in [1.82, 2.24) is 0 Å². The fraction of sp³-hybridized carbons (Fsp3) is 0.294. The first-order valence-corrected chi connectivity index (χ1v) is 10.6. The van der Waals surface area contributed by atoms with Gasteiger partial charge in [0.2, 0.25) is 0 Å². The Morgan fingerprint density at radius 1 is 1.05 bits per heavy atom. The summed E-state index contributed by atoms with van der Waals surface area (Å²) < 4.78 is 18.5. The summed E-state index contributed by atoms with van der Waals surface area (Å²) in [7, 11) is 0. The number of hydrogen-bond donors (Lipinski definition) is 1. The topological polar surface area (TPSA) is 38.3 Å². The Balaban J connectivity index is 2.11. The van der Waals surface area contributed by atoms with Crippen LogP contribution in [0, 0.1) is 0 Å². The van der Waals surface area contributed by atoms with Gasteiger partial charge in [-0.05, 0) is 54.6 Å². The number of benzene rings is 2. The van der Waals surface area contributed by atoms with Crippen LogP contribution in [0.15, 0.2) is 59.5 Å². The van der Waals surface area contributed by atoms with E-state index in [4.69, 9.17) is 4.52 Å². The van der Waals surface area contributed by atoms with Crippen molar-refractivity contribution in [2.24, 2.45) is 0 Å². The Labute approximate surface area is 136 Å². The van der Waals surface area contributed by atoms with Gasteiger partial charge in [0, 0.05) is 10.6 Å². The number of aryl methyl sites for hydroxylation is 1. The lowest BCUT2D eigenvalue weighted by Gasteiger charge is -2.19. The average molecular weight is 335 g/mol. The smallest absolute Gasteiger partial charge is 0.307 e. The first-order chi connectivity index (χ1) is 10.6. The number of anilines is 1. The maximum Gasteiger partial charge on any atom is 0.355 e. The van der Waals surface area contributed by atoms with Crippen LogP contribution in [0.25, 0.3) is 0 Å². The minimum absolute atomic E-state index is 0.401. The van der Waals surface area contributed by atoms with Gasteiger partial charge in [0.25, 0.3) is 0 Å². The van der Waals surface area contributed by atoms with Gasteiger partial charge in [-0.2, -0.15) is 0 Å². The molecule has 0 heterocycles. The minimum atomic E-state index is -3.03. The summed E-state index contributed by atoms with van der Waals surface area (Å²) in [6.07, 6.45) is 2.18. The third kappa shape index (κ3) is 5.20. The third-order valence-electron chi connectivity index (χ3n) is 3.03. The molecule has 1 N–H and O–H groups in total. The SMILES string of the molecule is CCCc1ccc(NP(=O)(OCC)Sc2ccccc2)cc1. The van der Waals surface area contributed by atoms with E-state index >= 15 is 0 Å². The van der Waals surface area contributed by atoms with Crippen molar-refractivity contribution in [3.63, 3.8) is 0 Å². The van der Waals surface area contributed by atoms with Crippen LogP contribution in [-0.2, 0) is 15.5 Å². The maximum absolute atomic E-state index is 13.0. The largest absolute Gasteiger partial charge is 0.355 e. The van der Waals surface area contributed by atoms with Crippen LogP contribution in [-0.4, -0.2) is 6.61 Å². The van der Waals surface area contributed by atoms with Crippen LogP contribution in [0.4, 0.5) is 5.69 Å². The summed E-state index contributed by atoms with van der Waals surface area (Å²) in [6, 6.07) is 17.7. The zero-order chi connectivity index (χ0) is 15.8. The fourth-order valence-corrected chi connectivity index (χ4v) is 5.71. The molecule has 0 saturated heterocycles. The van der Waals surface area contributed by atoms with Gasteiger partial charge in [-0.1, -0.05) is 43.7 Å². The zero-order valence-electron chi connectivity index (χ0n) is 13.0. The zero-order valence-corrected chi connectivity index (χ0v) is 14.7. The molecule has 5 heteroatoms. The van der Waals surface area contributed by atoms with Crippen LogP contribution < -0.4 is 5.09 Å². The lowest BCUT2D eigenvalue weighted by Crippen LogP contribution is -1.98. The van der Waals surface area contributed by atoms with Crippen LogP contribution in [0.1, 0.15) is 25.8 Å². The molecule has 0 aromatic heterocycles. The first-order valence-electron chi connectivity index (χ1n) is 7.51. The van der Waals surface area contributed by atoms with Gasteiger partial charge >= 0.3 is 6.72 Å². The third-order valence-corrected chi connectivity index (χ3v) is 6.82. The summed E-state index contributed by atoms with van der Waals surface area (Å²) in [6.45, 7) is 1.38. The molecule has 0 aliphatic rings. The Bertz CT molecular complexity index is 616. The predicted octanol–water partition coefficient (Wildman–Crippen LogP) is 5.99. The molecule has 2 aromatic rings. The fourth-order valence-electron chi connectivity index (χ4n) is 2.06. The van der Waals surface area contributed by atoms with E-state index in [-0.39, 0.29) is 0 Å². The highest BCUT2D eigenvalue weighted by molar-refractivity contribution is 8.57. The molecule has 2 aromatic carbocycles. The molecule has 0 saturated carbocycles. The number of nitrogens with one attached hydrogen (secondary N) is 1. The highest BCUT2D eigenvalue weighted by Crippen LogP contribution is 2.61. The van der Waals surface area contributed by atoms with Gasteiger partial charge in [-0.15, -0.1) is 0 Å². The highest BCUT2D eigenvalue weighted by atomic mass is 32.7. The van der Waals surface area contributed by atoms with Crippen LogP contribution >= 0.6 is 18.1 Å². The van der Waals surface area contributed by atoms with Crippen molar-refractivity contribution in [3.8, 4) is 0 Å². The van der Waals surface area contributed by atoms with Crippen molar-refractivity contribution in [2.75, 3.05) is 11.7 Å². The Morgan fingerprint density at radius 2 is 1.73 bits per heavy atom. The Kier molecular flexibility index (Phi) is 6.56. The molecule has 0 radical (unpaired) electrons. The first kappa shape index (κ1) is 17.1. The number of rotatable bonds is 8. The van der Waals surface area contributed by atoms with Crippen molar-refractivity contribution in [1.29, 1.82) is 0 Å². The van der Waals surface area contributed by atoms with E-state index in [1.807, 2.05) is 49.4 Å². The summed E-state index contributed by atoms with van der Waals surface area (Å²) >= 11 is 1.25. The molecule has 0 aliphatic heterocycles. The molecule has 0 bridgehead atoms. The van der Waals surface area contributed by atoms with E-state index in [9.17, 15) is 4.57 Å². The van der Waals surface area contributed by atoms with Crippen molar-refractivity contribution >= 4 is 23.8 Å². The highest BCUT2D eigenvalue weighted by Gasteiger charge is 2.24. The van der Waals surface area contributed by atoms with Gasteiger partial charge in [0.1, 0.15) is 0 Å².